The van der Waals surface area contributed by atoms with E-state index in [1.165, 1.54) is 0 Å². The van der Waals surface area contributed by atoms with Crippen molar-refractivity contribution in [3.05, 3.63) is 42.2 Å². The number of pyridine rings is 1. The maximum atomic E-state index is 11.8. The van der Waals surface area contributed by atoms with Crippen molar-refractivity contribution in [3.63, 3.8) is 0 Å². The number of nitrogens with one attached hydrogen (secondary N) is 1. The van der Waals surface area contributed by atoms with Crippen molar-refractivity contribution < 1.29 is 9.53 Å². The molecule has 1 aromatic carbocycles. The summed E-state index contributed by atoms with van der Waals surface area (Å²) in [7, 11) is 0. The summed E-state index contributed by atoms with van der Waals surface area (Å²) in [4.78, 5) is 16.1. The molecule has 4 nitrogen and oxygen atoms in total. The fourth-order valence-electron chi connectivity index (χ4n) is 2.41. The monoisotopic (exact) mass is 286 g/mol. The van der Waals surface area contributed by atoms with Gasteiger partial charge in [-0.3, -0.25) is 9.78 Å². The topological polar surface area (TPSA) is 51.2 Å². The van der Waals surface area contributed by atoms with Crippen molar-refractivity contribution >= 4 is 16.7 Å². The maximum absolute atomic E-state index is 11.8. The Bertz CT molecular complexity index is 593. The lowest BCUT2D eigenvalue weighted by molar-refractivity contribution is -0.143. The van der Waals surface area contributed by atoms with Gasteiger partial charge in [-0.15, -0.1) is 0 Å². The van der Waals surface area contributed by atoms with Gasteiger partial charge in [-0.25, -0.2) is 0 Å². The van der Waals surface area contributed by atoms with Crippen LogP contribution < -0.4 is 5.32 Å². The second-order valence-corrected chi connectivity index (χ2v) is 4.97. The fourth-order valence-corrected chi connectivity index (χ4v) is 2.41. The van der Waals surface area contributed by atoms with Gasteiger partial charge >= 0.3 is 5.97 Å². The number of carbonyl (C=O) groups excluding carboxylic acids is 1. The van der Waals surface area contributed by atoms with E-state index < -0.39 is 0 Å². The van der Waals surface area contributed by atoms with Crippen LogP contribution >= 0.6 is 0 Å². The Morgan fingerprint density at radius 3 is 2.86 bits per heavy atom. The van der Waals surface area contributed by atoms with Crippen molar-refractivity contribution in [3.8, 4) is 0 Å². The van der Waals surface area contributed by atoms with Crippen LogP contribution in [0.4, 0.5) is 0 Å². The van der Waals surface area contributed by atoms with Crippen LogP contribution in [0.5, 0.6) is 0 Å². The zero-order valence-corrected chi connectivity index (χ0v) is 12.6. The quantitative estimate of drug-likeness (QED) is 0.794. The molecule has 1 aromatic heterocycles. The average molecular weight is 286 g/mol. The van der Waals surface area contributed by atoms with Gasteiger partial charge in [0.25, 0.3) is 0 Å². The van der Waals surface area contributed by atoms with E-state index in [4.69, 9.17) is 4.74 Å². The highest BCUT2D eigenvalue weighted by Gasteiger charge is 2.18. The molecule has 0 radical (unpaired) electrons. The Morgan fingerprint density at radius 2 is 2.10 bits per heavy atom. The van der Waals surface area contributed by atoms with Gasteiger partial charge < -0.3 is 10.1 Å². The van der Waals surface area contributed by atoms with Crippen molar-refractivity contribution in [1.82, 2.24) is 10.3 Å². The van der Waals surface area contributed by atoms with Crippen molar-refractivity contribution in [2.45, 2.75) is 32.7 Å². The molecule has 2 rings (SSSR count). The molecule has 0 aliphatic heterocycles. The number of rotatable bonds is 7. The zero-order chi connectivity index (χ0) is 15.1. The summed E-state index contributed by atoms with van der Waals surface area (Å²) in [6.07, 6.45) is 5.02. The van der Waals surface area contributed by atoms with E-state index in [1.807, 2.05) is 37.5 Å². The molecule has 21 heavy (non-hydrogen) atoms. The molecule has 2 aromatic rings. The van der Waals surface area contributed by atoms with Crippen LogP contribution in [0.3, 0.4) is 0 Å². The molecule has 1 heterocycles. The minimum Gasteiger partial charge on any atom is -0.466 e. The van der Waals surface area contributed by atoms with Gasteiger partial charge in [-0.05, 0) is 30.8 Å². The van der Waals surface area contributed by atoms with E-state index in [1.54, 1.807) is 0 Å². The van der Waals surface area contributed by atoms with Crippen molar-refractivity contribution in [2.75, 3.05) is 13.2 Å². The molecule has 0 aliphatic rings. The van der Waals surface area contributed by atoms with Crippen LogP contribution in [0.15, 0.2) is 36.7 Å². The maximum Gasteiger partial charge on any atom is 0.307 e. The van der Waals surface area contributed by atoms with E-state index in [2.05, 4.69) is 23.3 Å². The molecule has 0 aliphatic carbocycles. The largest absolute Gasteiger partial charge is 0.466 e. The molecule has 0 fully saturated rings. The van der Waals surface area contributed by atoms with Crippen LogP contribution in [-0.4, -0.2) is 24.1 Å². The van der Waals surface area contributed by atoms with Crippen LogP contribution in [-0.2, 0) is 9.53 Å². The fraction of sp³-hybridized carbons (Fsp3) is 0.412. The van der Waals surface area contributed by atoms with Crippen LogP contribution in [0.2, 0.25) is 0 Å². The van der Waals surface area contributed by atoms with Crippen LogP contribution in [0.1, 0.15) is 38.3 Å². The Labute approximate surface area is 125 Å². The highest BCUT2D eigenvalue weighted by atomic mass is 16.5. The van der Waals surface area contributed by atoms with Crippen LogP contribution in [0.25, 0.3) is 10.8 Å². The summed E-state index contributed by atoms with van der Waals surface area (Å²) < 4.78 is 5.09. The molecule has 4 heteroatoms. The predicted octanol–water partition coefficient (Wildman–Crippen LogP) is 3.23. The Kier molecular flexibility index (Phi) is 5.69. The molecule has 1 unspecified atom stereocenters. The lowest BCUT2D eigenvalue weighted by Crippen LogP contribution is -2.25. The number of benzene rings is 1. The van der Waals surface area contributed by atoms with Gasteiger partial charge in [0.2, 0.25) is 0 Å². The second kappa shape index (κ2) is 7.74. The Hall–Kier alpha value is -1.94. The Morgan fingerprint density at radius 1 is 1.29 bits per heavy atom. The first-order chi connectivity index (χ1) is 10.3. The van der Waals surface area contributed by atoms with Crippen molar-refractivity contribution in [2.24, 2.45) is 0 Å². The van der Waals surface area contributed by atoms with Gasteiger partial charge in [0, 0.05) is 23.8 Å². The molecule has 0 saturated heterocycles. The van der Waals surface area contributed by atoms with Crippen molar-refractivity contribution in [1.29, 1.82) is 0 Å². The first-order valence-electron chi connectivity index (χ1n) is 7.47. The summed E-state index contributed by atoms with van der Waals surface area (Å²) in [6.45, 7) is 5.20. The predicted molar refractivity (Wildman–Crippen MR) is 84.0 cm³/mol. The van der Waals surface area contributed by atoms with Gasteiger partial charge in [-0.2, -0.15) is 0 Å². The zero-order valence-electron chi connectivity index (χ0n) is 12.6. The SMILES string of the molecule is CCCNC(CC(=O)OCC)c1cncc2ccccc12. The lowest BCUT2D eigenvalue weighted by Gasteiger charge is -2.19. The summed E-state index contributed by atoms with van der Waals surface area (Å²) in [6, 6.07) is 8.04. The lowest BCUT2D eigenvalue weighted by atomic mass is 9.99. The molecular formula is C17H22N2O2. The number of ether oxygens (including phenoxy) is 1. The van der Waals surface area contributed by atoms with Gasteiger partial charge in [0.1, 0.15) is 0 Å². The third-order valence-electron chi connectivity index (χ3n) is 3.39. The molecular weight excluding hydrogens is 264 g/mol. The smallest absolute Gasteiger partial charge is 0.307 e. The summed E-state index contributed by atoms with van der Waals surface area (Å²) in [5.74, 6) is -0.181. The van der Waals surface area contributed by atoms with E-state index >= 15 is 0 Å². The average Bonchev–Trinajstić information content (AvgIpc) is 2.51. The first-order valence-corrected chi connectivity index (χ1v) is 7.47. The Balaban J connectivity index is 2.31. The number of aromatic nitrogens is 1. The van der Waals surface area contributed by atoms with E-state index in [0.717, 1.165) is 29.3 Å². The number of hydrogen-bond donors (Lipinski definition) is 1. The molecule has 0 bridgehead atoms. The number of carbonyl (C=O) groups is 1. The highest BCUT2D eigenvalue weighted by molar-refractivity contribution is 5.85. The number of esters is 1. The molecule has 1 atom stereocenters. The number of fused-ring (bicyclic) bond motifs is 1. The molecule has 1 N–H and O–H groups in total. The molecule has 0 saturated carbocycles. The normalized spacial score (nSPS) is 12.3. The van der Waals surface area contributed by atoms with Gasteiger partial charge in [0.05, 0.1) is 13.0 Å². The van der Waals surface area contributed by atoms with Gasteiger partial charge in [0.15, 0.2) is 0 Å². The van der Waals surface area contributed by atoms with Crippen LogP contribution in [0, 0.1) is 0 Å². The molecule has 0 spiro atoms. The van der Waals surface area contributed by atoms with Gasteiger partial charge in [-0.1, -0.05) is 31.2 Å². The molecule has 0 amide bonds. The summed E-state index contributed by atoms with van der Waals surface area (Å²) in [5, 5.41) is 5.64. The third-order valence-corrected chi connectivity index (χ3v) is 3.39. The summed E-state index contributed by atoms with van der Waals surface area (Å²) >= 11 is 0. The van der Waals surface area contributed by atoms with E-state index in [0.29, 0.717) is 13.0 Å². The third kappa shape index (κ3) is 4.02. The minimum absolute atomic E-state index is 0.0670. The first kappa shape index (κ1) is 15.4. The minimum atomic E-state index is -0.181. The van der Waals surface area contributed by atoms with E-state index in [9.17, 15) is 4.79 Å². The second-order valence-electron chi connectivity index (χ2n) is 4.97. The standard InChI is InChI=1S/C17H22N2O2/c1-3-9-19-16(10-17(20)21-4-2)15-12-18-11-13-7-5-6-8-14(13)15/h5-8,11-12,16,19H,3-4,9-10H2,1-2H3. The van der Waals surface area contributed by atoms with E-state index in [-0.39, 0.29) is 12.0 Å². The summed E-state index contributed by atoms with van der Waals surface area (Å²) in [5.41, 5.74) is 1.05. The number of nitrogens with zero attached hydrogens (tertiary/aromatic N) is 1. The highest BCUT2D eigenvalue weighted by Crippen LogP contribution is 2.25. The molecule has 112 valence electrons. The number of hydrogen-bond acceptors (Lipinski definition) is 4.